The quantitative estimate of drug-likeness (QED) is 0.293. The van der Waals surface area contributed by atoms with Gasteiger partial charge in [-0.2, -0.15) is 5.10 Å². The third kappa shape index (κ3) is 5.09. The number of benzene rings is 3. The molecular weight excluding hydrogens is 460 g/mol. The van der Waals surface area contributed by atoms with Crippen LogP contribution in [0.1, 0.15) is 16.7 Å². The smallest absolute Gasteiger partial charge is 0.295 e. The third-order valence-electron chi connectivity index (χ3n) is 5.07. The first-order valence-corrected chi connectivity index (χ1v) is 11.8. The molecule has 0 spiro atoms. The number of hydrazone groups is 1. The van der Waals surface area contributed by atoms with Crippen molar-refractivity contribution in [2.75, 3.05) is 23.4 Å². The minimum absolute atomic E-state index is 0.0456. The molecule has 0 fully saturated rings. The number of aryl methyl sites for hydroxylation is 2. The first-order valence-electron chi connectivity index (χ1n) is 10.3. The summed E-state index contributed by atoms with van der Waals surface area (Å²) in [6.45, 7) is 4.61. The van der Waals surface area contributed by atoms with Gasteiger partial charge >= 0.3 is 0 Å². The van der Waals surface area contributed by atoms with Gasteiger partial charge in [0.15, 0.2) is 11.5 Å². The third-order valence-corrected chi connectivity index (χ3v) is 6.43. The van der Waals surface area contributed by atoms with Gasteiger partial charge in [0.2, 0.25) is 0 Å². The maximum absolute atomic E-state index is 12.8. The summed E-state index contributed by atoms with van der Waals surface area (Å²) in [5.74, 6) is 1.23. The number of hydrogen-bond donors (Lipinski definition) is 2. The molecule has 1 aliphatic rings. The van der Waals surface area contributed by atoms with E-state index in [4.69, 9.17) is 9.47 Å². The molecule has 4 rings (SSSR count). The minimum atomic E-state index is -4.04. The maximum atomic E-state index is 12.8. The second-order valence-corrected chi connectivity index (χ2v) is 9.32. The average Bonchev–Trinajstić information content (AvgIpc) is 2.81. The van der Waals surface area contributed by atoms with Crippen LogP contribution in [0, 0.1) is 24.0 Å². The van der Waals surface area contributed by atoms with Crippen LogP contribution in [0.3, 0.4) is 0 Å². The van der Waals surface area contributed by atoms with E-state index in [0.717, 1.165) is 17.2 Å². The van der Waals surface area contributed by atoms with E-state index in [1.807, 2.05) is 13.0 Å². The molecule has 2 N–H and O–H groups in total. The van der Waals surface area contributed by atoms with E-state index in [1.54, 1.807) is 37.3 Å². The Morgan fingerprint density at radius 2 is 1.71 bits per heavy atom. The van der Waals surface area contributed by atoms with Crippen molar-refractivity contribution in [2.24, 2.45) is 5.10 Å². The van der Waals surface area contributed by atoms with Crippen LogP contribution in [0.25, 0.3) is 0 Å². The van der Waals surface area contributed by atoms with E-state index >= 15 is 0 Å². The lowest BCUT2D eigenvalue weighted by atomic mass is 10.1. The molecule has 0 aliphatic carbocycles. The normalized spacial score (nSPS) is 13.0. The molecule has 3 aromatic rings. The Hall–Kier alpha value is -4.12. The van der Waals surface area contributed by atoms with Gasteiger partial charge in [-0.15, -0.1) is 0 Å². The largest absolute Gasteiger partial charge is 0.486 e. The van der Waals surface area contributed by atoms with Crippen molar-refractivity contribution in [3.8, 4) is 11.5 Å². The van der Waals surface area contributed by atoms with E-state index in [0.29, 0.717) is 36.0 Å². The van der Waals surface area contributed by atoms with Crippen molar-refractivity contribution in [1.29, 1.82) is 0 Å². The number of hydrogen-bond acceptors (Lipinski definition) is 8. The molecule has 0 atom stereocenters. The van der Waals surface area contributed by atoms with Crippen molar-refractivity contribution >= 4 is 33.3 Å². The lowest BCUT2D eigenvalue weighted by Gasteiger charge is -2.18. The number of nitrogens with zero attached hydrogens (tertiary/aromatic N) is 2. The van der Waals surface area contributed by atoms with Crippen LogP contribution < -0.4 is 19.6 Å². The SMILES string of the molecule is Cc1ccc(NS(=O)(=O)c2ccc(N/N=C/c3ccc4c(c3)OCCO4)c([N+](=O)[O-])c2)c(C)c1. The molecular formula is C23H22N4O6S. The number of rotatable bonds is 7. The van der Waals surface area contributed by atoms with Crippen molar-refractivity contribution < 1.29 is 22.8 Å². The van der Waals surface area contributed by atoms with E-state index in [2.05, 4.69) is 15.2 Å². The fourth-order valence-electron chi connectivity index (χ4n) is 3.37. The predicted octanol–water partition coefficient (Wildman–Crippen LogP) is 4.23. The molecule has 1 heterocycles. The summed E-state index contributed by atoms with van der Waals surface area (Å²) >= 11 is 0. The van der Waals surface area contributed by atoms with E-state index in [-0.39, 0.29) is 10.6 Å². The number of sulfonamides is 1. The summed E-state index contributed by atoms with van der Waals surface area (Å²) in [6, 6.07) is 14.1. The van der Waals surface area contributed by atoms with Crippen LogP contribution in [0.4, 0.5) is 17.1 Å². The van der Waals surface area contributed by atoms with Crippen molar-refractivity contribution in [3.63, 3.8) is 0 Å². The van der Waals surface area contributed by atoms with Gasteiger partial charge < -0.3 is 9.47 Å². The van der Waals surface area contributed by atoms with Crippen LogP contribution in [0.2, 0.25) is 0 Å². The molecule has 0 saturated carbocycles. The summed E-state index contributed by atoms with van der Waals surface area (Å²) in [4.78, 5) is 10.7. The monoisotopic (exact) mass is 482 g/mol. The van der Waals surface area contributed by atoms with E-state index < -0.39 is 20.6 Å². The van der Waals surface area contributed by atoms with Gasteiger partial charge in [-0.05, 0) is 61.4 Å². The lowest BCUT2D eigenvalue weighted by Crippen LogP contribution is -2.15. The van der Waals surface area contributed by atoms with Gasteiger partial charge in [-0.1, -0.05) is 17.7 Å². The van der Waals surface area contributed by atoms with Gasteiger partial charge in [0, 0.05) is 6.07 Å². The first kappa shape index (κ1) is 23.1. The zero-order chi connectivity index (χ0) is 24.3. The Kier molecular flexibility index (Phi) is 6.37. The summed E-state index contributed by atoms with van der Waals surface area (Å²) < 4.78 is 39.1. The summed E-state index contributed by atoms with van der Waals surface area (Å²) in [7, 11) is -4.04. The Morgan fingerprint density at radius 3 is 2.44 bits per heavy atom. The van der Waals surface area contributed by atoms with Crippen molar-refractivity contribution in [1.82, 2.24) is 0 Å². The molecule has 0 radical (unpaired) electrons. The van der Waals surface area contributed by atoms with E-state index in [1.165, 1.54) is 18.3 Å². The number of fused-ring (bicyclic) bond motifs is 1. The molecule has 0 saturated heterocycles. The van der Waals surface area contributed by atoms with Gasteiger partial charge in [0.1, 0.15) is 18.9 Å². The number of nitro benzene ring substituents is 1. The Morgan fingerprint density at radius 1 is 0.971 bits per heavy atom. The summed E-state index contributed by atoms with van der Waals surface area (Å²) in [5, 5.41) is 15.7. The molecule has 34 heavy (non-hydrogen) atoms. The molecule has 0 aromatic heterocycles. The first-order chi connectivity index (χ1) is 16.2. The molecule has 176 valence electrons. The highest BCUT2D eigenvalue weighted by Gasteiger charge is 2.22. The Balaban J connectivity index is 1.54. The highest BCUT2D eigenvalue weighted by Crippen LogP contribution is 2.31. The fourth-order valence-corrected chi connectivity index (χ4v) is 4.52. The molecule has 0 bridgehead atoms. The minimum Gasteiger partial charge on any atom is -0.486 e. The number of nitro groups is 1. The van der Waals surface area contributed by atoms with Crippen LogP contribution in [-0.4, -0.2) is 32.8 Å². The van der Waals surface area contributed by atoms with Crippen molar-refractivity contribution in [2.45, 2.75) is 18.7 Å². The zero-order valence-electron chi connectivity index (χ0n) is 18.4. The topological polar surface area (TPSA) is 132 Å². The van der Waals surface area contributed by atoms with Gasteiger partial charge in [0.25, 0.3) is 15.7 Å². The molecule has 10 nitrogen and oxygen atoms in total. The summed E-state index contributed by atoms with van der Waals surface area (Å²) in [5.41, 5.74) is 5.05. The number of anilines is 2. The second kappa shape index (κ2) is 9.40. The van der Waals surface area contributed by atoms with Gasteiger partial charge in [0.05, 0.1) is 21.7 Å². The molecule has 11 heteroatoms. The van der Waals surface area contributed by atoms with E-state index in [9.17, 15) is 18.5 Å². The van der Waals surface area contributed by atoms with Crippen molar-refractivity contribution in [3.05, 3.63) is 81.4 Å². The molecule has 3 aromatic carbocycles. The fraction of sp³-hybridized carbons (Fsp3) is 0.174. The predicted molar refractivity (Wildman–Crippen MR) is 128 cm³/mol. The average molecular weight is 483 g/mol. The van der Waals surface area contributed by atoms with Crippen LogP contribution in [0.15, 0.2) is 64.6 Å². The zero-order valence-corrected chi connectivity index (χ0v) is 19.3. The second-order valence-electron chi connectivity index (χ2n) is 7.63. The Labute approximate surface area is 196 Å². The Bertz CT molecular complexity index is 1390. The molecule has 1 aliphatic heterocycles. The lowest BCUT2D eigenvalue weighted by molar-refractivity contribution is -0.384. The molecule has 0 amide bonds. The number of ether oxygens (including phenoxy) is 2. The van der Waals surface area contributed by atoms with Crippen LogP contribution >= 0.6 is 0 Å². The van der Waals surface area contributed by atoms with Crippen LogP contribution in [0.5, 0.6) is 11.5 Å². The molecule has 0 unspecified atom stereocenters. The highest BCUT2D eigenvalue weighted by atomic mass is 32.2. The summed E-state index contributed by atoms with van der Waals surface area (Å²) in [6.07, 6.45) is 1.47. The van der Waals surface area contributed by atoms with Crippen LogP contribution in [-0.2, 0) is 10.0 Å². The standard InChI is InChI=1S/C23H22N4O6S/c1-15-3-6-19(16(2)11-15)26-34(30,31)18-5-7-20(21(13-18)27(28)29)25-24-14-17-4-8-22-23(12-17)33-10-9-32-22/h3-8,11-14,25-26H,9-10H2,1-2H3/b24-14+. The number of nitrogens with one attached hydrogen (secondary N) is 2. The maximum Gasteiger partial charge on any atom is 0.295 e. The van der Waals surface area contributed by atoms with Gasteiger partial charge in [-0.3, -0.25) is 20.3 Å². The highest BCUT2D eigenvalue weighted by molar-refractivity contribution is 7.92. The van der Waals surface area contributed by atoms with Gasteiger partial charge in [-0.25, -0.2) is 8.42 Å².